The fraction of sp³-hybridized carbons (Fsp3) is 0.263. The highest BCUT2D eigenvalue weighted by atomic mass is 35.5. The van der Waals surface area contributed by atoms with E-state index in [1.165, 1.54) is 0 Å². The smallest absolute Gasteiger partial charge is 0.321 e. The van der Waals surface area contributed by atoms with E-state index >= 15 is 0 Å². The number of carboxylic acids is 1. The molecule has 1 atom stereocenters. The zero-order valence-corrected chi connectivity index (χ0v) is 15.7. The molecule has 132 valence electrons. The summed E-state index contributed by atoms with van der Waals surface area (Å²) in [5.74, 6) is -1.08. The van der Waals surface area contributed by atoms with E-state index in [-0.39, 0.29) is 5.24 Å². The van der Waals surface area contributed by atoms with Crippen molar-refractivity contribution >= 4 is 34.6 Å². The quantitative estimate of drug-likeness (QED) is 0.739. The average molecular weight is 378 g/mol. The van der Waals surface area contributed by atoms with Gasteiger partial charge in [0.25, 0.3) is 5.24 Å². The van der Waals surface area contributed by atoms with Crippen LogP contribution in [0.3, 0.4) is 0 Å². The van der Waals surface area contributed by atoms with Crippen molar-refractivity contribution in [1.82, 2.24) is 4.90 Å². The van der Waals surface area contributed by atoms with Crippen molar-refractivity contribution in [3.63, 3.8) is 0 Å². The Balaban J connectivity index is 2.30. The summed E-state index contributed by atoms with van der Waals surface area (Å²) < 4.78 is 0. The van der Waals surface area contributed by atoms with Crippen LogP contribution < -0.4 is 0 Å². The molecule has 1 N–H and O–H groups in total. The van der Waals surface area contributed by atoms with Crippen LogP contribution in [0.5, 0.6) is 0 Å². The van der Waals surface area contributed by atoms with Crippen LogP contribution in [0, 0.1) is 0 Å². The molecule has 0 saturated heterocycles. The van der Waals surface area contributed by atoms with Crippen molar-refractivity contribution in [3.8, 4) is 11.1 Å². The molecule has 1 amide bonds. The van der Waals surface area contributed by atoms with Gasteiger partial charge in [0.1, 0.15) is 5.25 Å². The summed E-state index contributed by atoms with van der Waals surface area (Å²) >= 11 is 7.13. The summed E-state index contributed by atoms with van der Waals surface area (Å²) in [6.45, 7) is 4.80. The Hall–Kier alpha value is -1.98. The van der Waals surface area contributed by atoms with Gasteiger partial charge in [0.15, 0.2) is 0 Å². The Labute approximate surface area is 156 Å². The van der Waals surface area contributed by atoms with Gasteiger partial charge < -0.3 is 10.0 Å². The molecule has 0 aliphatic carbocycles. The van der Waals surface area contributed by atoms with Gasteiger partial charge in [0.2, 0.25) is 0 Å². The van der Waals surface area contributed by atoms with E-state index in [1.807, 2.05) is 50.2 Å². The third-order valence-electron chi connectivity index (χ3n) is 3.85. The van der Waals surface area contributed by atoms with Gasteiger partial charge in [-0.25, -0.2) is 0 Å². The number of carbonyl (C=O) groups excluding carboxylic acids is 1. The number of nitrogens with zero attached hydrogens (tertiary/aromatic N) is 1. The van der Waals surface area contributed by atoms with Gasteiger partial charge in [-0.05, 0) is 48.4 Å². The average Bonchev–Trinajstić information content (AvgIpc) is 2.61. The van der Waals surface area contributed by atoms with Crippen LogP contribution in [0.25, 0.3) is 11.1 Å². The van der Waals surface area contributed by atoms with Crippen LogP contribution in [-0.2, 0) is 4.79 Å². The van der Waals surface area contributed by atoms with Crippen LogP contribution in [0.1, 0.15) is 24.7 Å². The summed E-state index contributed by atoms with van der Waals surface area (Å²) in [5, 5.41) is 8.60. The van der Waals surface area contributed by atoms with Crippen molar-refractivity contribution in [2.45, 2.75) is 19.1 Å². The minimum Gasteiger partial charge on any atom is -0.480 e. The predicted molar refractivity (Wildman–Crippen MR) is 103 cm³/mol. The first-order valence-corrected chi connectivity index (χ1v) is 9.26. The van der Waals surface area contributed by atoms with E-state index in [9.17, 15) is 14.7 Å². The fourth-order valence-electron chi connectivity index (χ4n) is 2.45. The lowest BCUT2D eigenvalue weighted by Crippen LogP contribution is -2.28. The van der Waals surface area contributed by atoms with Crippen molar-refractivity contribution in [2.75, 3.05) is 13.1 Å². The minimum atomic E-state index is -1.08. The van der Waals surface area contributed by atoms with Gasteiger partial charge in [-0.2, -0.15) is 0 Å². The molecule has 2 aromatic carbocycles. The lowest BCUT2D eigenvalue weighted by molar-refractivity contribution is -0.136. The highest BCUT2D eigenvalue weighted by molar-refractivity contribution is 8.14. The van der Waals surface area contributed by atoms with Gasteiger partial charge in [0.05, 0.1) is 0 Å². The molecule has 0 bridgehead atoms. The number of benzene rings is 2. The number of amides is 1. The normalized spacial score (nSPS) is 11.8. The van der Waals surface area contributed by atoms with Gasteiger partial charge in [-0.3, -0.25) is 9.59 Å². The lowest BCUT2D eigenvalue weighted by atomic mass is 10.0. The second kappa shape index (κ2) is 8.92. The fourth-order valence-corrected chi connectivity index (χ4v) is 3.85. The van der Waals surface area contributed by atoms with E-state index in [1.54, 1.807) is 17.0 Å². The number of rotatable bonds is 6. The van der Waals surface area contributed by atoms with Crippen molar-refractivity contribution in [3.05, 3.63) is 59.1 Å². The third kappa shape index (κ3) is 4.77. The first kappa shape index (κ1) is 19.3. The Morgan fingerprint density at radius 1 is 1.08 bits per heavy atom. The molecule has 0 radical (unpaired) electrons. The number of hydrogen-bond donors (Lipinski definition) is 1. The molecule has 2 rings (SSSR count). The topological polar surface area (TPSA) is 57.6 Å². The van der Waals surface area contributed by atoms with E-state index in [4.69, 9.17) is 11.6 Å². The molecule has 0 aromatic heterocycles. The molecule has 0 aliphatic heterocycles. The maximum atomic E-state index is 12.3. The minimum absolute atomic E-state index is 0.263. The number of halogens is 1. The van der Waals surface area contributed by atoms with Crippen molar-refractivity contribution in [1.29, 1.82) is 0 Å². The van der Waals surface area contributed by atoms with Crippen molar-refractivity contribution < 1.29 is 14.7 Å². The largest absolute Gasteiger partial charge is 0.480 e. The van der Waals surface area contributed by atoms with Crippen molar-refractivity contribution in [2.24, 2.45) is 0 Å². The highest BCUT2D eigenvalue weighted by Gasteiger charge is 2.28. The standard InChI is InChI=1S/C19H20ClNO3S/c1-3-21(4-2)19(24)25-17(18(22)23)15-11-10-14(12-16(15)20)13-8-6-5-7-9-13/h5-12,17H,3-4H2,1-2H3,(H,22,23). The summed E-state index contributed by atoms with van der Waals surface area (Å²) in [6, 6.07) is 14.9. The zero-order chi connectivity index (χ0) is 18.4. The van der Waals surface area contributed by atoms with E-state index in [0.717, 1.165) is 22.9 Å². The summed E-state index contributed by atoms with van der Waals surface area (Å²) in [4.78, 5) is 25.6. The number of carbonyl (C=O) groups is 2. The second-order valence-electron chi connectivity index (χ2n) is 5.38. The first-order chi connectivity index (χ1) is 12.0. The molecule has 2 aromatic rings. The Morgan fingerprint density at radius 3 is 2.24 bits per heavy atom. The molecule has 0 fully saturated rings. The highest BCUT2D eigenvalue weighted by Crippen LogP contribution is 2.37. The molecule has 25 heavy (non-hydrogen) atoms. The molecule has 0 saturated carbocycles. The third-order valence-corrected chi connectivity index (χ3v) is 5.33. The van der Waals surface area contributed by atoms with Crippen LogP contribution in [0.15, 0.2) is 48.5 Å². The van der Waals surface area contributed by atoms with Gasteiger partial charge >= 0.3 is 5.97 Å². The lowest BCUT2D eigenvalue weighted by Gasteiger charge is -2.21. The molecule has 6 heteroatoms. The van der Waals surface area contributed by atoms with Crippen LogP contribution >= 0.6 is 23.4 Å². The zero-order valence-electron chi connectivity index (χ0n) is 14.1. The van der Waals surface area contributed by atoms with E-state index in [2.05, 4.69) is 0 Å². The van der Waals surface area contributed by atoms with E-state index in [0.29, 0.717) is 23.7 Å². The van der Waals surface area contributed by atoms with Crippen LogP contribution in [-0.4, -0.2) is 34.3 Å². The second-order valence-corrected chi connectivity index (χ2v) is 6.84. The molecule has 1 unspecified atom stereocenters. The monoisotopic (exact) mass is 377 g/mol. The Morgan fingerprint density at radius 2 is 1.72 bits per heavy atom. The summed E-state index contributed by atoms with van der Waals surface area (Å²) in [7, 11) is 0. The first-order valence-electron chi connectivity index (χ1n) is 8.01. The molecule has 4 nitrogen and oxygen atoms in total. The van der Waals surface area contributed by atoms with E-state index < -0.39 is 11.2 Å². The molecular weight excluding hydrogens is 358 g/mol. The van der Waals surface area contributed by atoms with Crippen LogP contribution in [0.2, 0.25) is 5.02 Å². The Bertz CT molecular complexity index is 748. The molecule has 0 heterocycles. The molecule has 0 aliphatic rings. The SMILES string of the molecule is CCN(CC)C(=O)SC(C(=O)O)c1ccc(-c2ccccc2)cc1Cl. The maximum absolute atomic E-state index is 12.3. The summed E-state index contributed by atoms with van der Waals surface area (Å²) in [6.07, 6.45) is 0. The molecule has 0 spiro atoms. The van der Waals surface area contributed by atoms with Gasteiger partial charge in [0, 0.05) is 18.1 Å². The summed E-state index contributed by atoms with van der Waals surface area (Å²) in [5.41, 5.74) is 2.33. The number of carboxylic acid groups (broad SMARTS) is 1. The number of hydrogen-bond acceptors (Lipinski definition) is 3. The predicted octanol–water partition coefficient (Wildman–Crippen LogP) is 5.33. The number of thioether (sulfide) groups is 1. The number of aliphatic carboxylic acids is 1. The van der Waals surface area contributed by atoms with Gasteiger partial charge in [-0.15, -0.1) is 0 Å². The Kier molecular flexibility index (Phi) is 6.91. The van der Waals surface area contributed by atoms with Gasteiger partial charge in [-0.1, -0.05) is 54.1 Å². The molecular formula is C19H20ClNO3S. The maximum Gasteiger partial charge on any atom is 0.321 e. The van der Waals surface area contributed by atoms with Crippen LogP contribution in [0.4, 0.5) is 4.79 Å².